The number of nitro benzene ring substituents is 1. The molecule has 2 rings (SSSR count). The Balaban J connectivity index is 2.13. The van der Waals surface area contributed by atoms with E-state index in [9.17, 15) is 22.9 Å². The Morgan fingerprint density at radius 3 is 2.55 bits per heavy atom. The maximum absolute atomic E-state index is 13.4. The quantitative estimate of drug-likeness (QED) is 0.666. The van der Waals surface area contributed by atoms with Crippen LogP contribution in [0.5, 0.6) is 0 Å². The van der Waals surface area contributed by atoms with Gasteiger partial charge in [-0.15, -0.1) is 0 Å². The molecule has 1 aliphatic rings. The minimum atomic E-state index is -3.84. The highest BCUT2D eigenvalue weighted by Gasteiger charge is 2.45. The number of hydrogen-bond donors (Lipinski definition) is 1. The summed E-state index contributed by atoms with van der Waals surface area (Å²) in [7, 11) is -3.84. The van der Waals surface area contributed by atoms with Crippen LogP contribution in [0.2, 0.25) is 0 Å². The predicted molar refractivity (Wildman–Crippen MR) is 70.1 cm³/mol. The number of hydrogen-bond acceptors (Lipinski definition) is 4. The number of nitrogens with zero attached hydrogens (tertiary/aromatic N) is 1. The smallest absolute Gasteiger partial charge is 0.258 e. The van der Waals surface area contributed by atoms with Crippen molar-refractivity contribution in [2.45, 2.75) is 25.2 Å². The minimum absolute atomic E-state index is 0.128. The Labute approximate surface area is 116 Å². The summed E-state index contributed by atoms with van der Waals surface area (Å²) in [6.07, 6.45) is 0.935. The van der Waals surface area contributed by atoms with Crippen molar-refractivity contribution in [1.82, 2.24) is 4.72 Å². The van der Waals surface area contributed by atoms with E-state index in [0.717, 1.165) is 18.6 Å². The van der Waals surface area contributed by atoms with Crippen LogP contribution in [-0.4, -0.2) is 19.9 Å². The van der Waals surface area contributed by atoms with Crippen LogP contribution in [0.15, 0.2) is 23.1 Å². The summed E-state index contributed by atoms with van der Waals surface area (Å²) in [4.78, 5) is 9.27. The van der Waals surface area contributed by atoms with E-state index in [1.54, 1.807) is 0 Å². The van der Waals surface area contributed by atoms with Crippen molar-refractivity contribution in [3.63, 3.8) is 0 Å². The molecule has 1 N–H and O–H groups in total. The standard InChI is InChI=1S/C12H15FN2O4S/c1-12(2)6-8(12)7-14-20(18,19)9-3-4-11(15(16)17)10(13)5-9/h3-5,8,14H,6-7H2,1-2H3. The molecule has 1 unspecified atom stereocenters. The Morgan fingerprint density at radius 1 is 1.50 bits per heavy atom. The second-order valence-corrected chi connectivity index (χ2v) is 7.38. The molecular formula is C12H15FN2O4S. The monoisotopic (exact) mass is 302 g/mol. The first-order chi connectivity index (χ1) is 9.13. The molecule has 6 nitrogen and oxygen atoms in total. The second-order valence-electron chi connectivity index (χ2n) is 5.61. The van der Waals surface area contributed by atoms with Gasteiger partial charge < -0.3 is 0 Å². The van der Waals surface area contributed by atoms with Gasteiger partial charge in [0, 0.05) is 18.7 Å². The third-order valence-corrected chi connectivity index (χ3v) is 5.08. The highest BCUT2D eigenvalue weighted by molar-refractivity contribution is 7.89. The molecule has 0 bridgehead atoms. The Hall–Kier alpha value is -1.54. The van der Waals surface area contributed by atoms with Crippen LogP contribution < -0.4 is 4.72 Å². The van der Waals surface area contributed by atoms with Crippen molar-refractivity contribution in [3.8, 4) is 0 Å². The number of rotatable bonds is 5. The highest BCUT2D eigenvalue weighted by atomic mass is 32.2. The van der Waals surface area contributed by atoms with Gasteiger partial charge in [-0.2, -0.15) is 4.39 Å². The van der Waals surface area contributed by atoms with Crippen LogP contribution in [0, 0.1) is 27.3 Å². The normalized spacial score (nSPS) is 20.6. The number of benzene rings is 1. The van der Waals surface area contributed by atoms with Crippen LogP contribution in [-0.2, 0) is 10.0 Å². The molecule has 1 fully saturated rings. The summed E-state index contributed by atoms with van der Waals surface area (Å²) in [5, 5.41) is 10.5. The molecule has 8 heteroatoms. The molecule has 1 atom stereocenters. The van der Waals surface area contributed by atoms with Crippen LogP contribution in [0.4, 0.5) is 10.1 Å². The summed E-state index contributed by atoms with van der Waals surface area (Å²) in [5.74, 6) is -0.898. The summed E-state index contributed by atoms with van der Waals surface area (Å²) in [5.41, 5.74) is -0.615. The first-order valence-corrected chi connectivity index (χ1v) is 7.55. The van der Waals surface area contributed by atoms with Gasteiger partial charge in [-0.1, -0.05) is 13.8 Å². The molecule has 0 aromatic heterocycles. The molecule has 0 amide bonds. The van der Waals surface area contributed by atoms with Gasteiger partial charge in [0.15, 0.2) is 0 Å². The van der Waals surface area contributed by atoms with Crippen molar-refractivity contribution in [1.29, 1.82) is 0 Å². The largest absolute Gasteiger partial charge is 0.304 e. The zero-order chi connectivity index (χ0) is 15.1. The van der Waals surface area contributed by atoms with Gasteiger partial charge in [0.2, 0.25) is 15.8 Å². The second kappa shape index (κ2) is 4.78. The lowest BCUT2D eigenvalue weighted by Gasteiger charge is -2.08. The molecule has 110 valence electrons. The van der Waals surface area contributed by atoms with Crippen molar-refractivity contribution in [2.24, 2.45) is 11.3 Å². The van der Waals surface area contributed by atoms with E-state index in [2.05, 4.69) is 4.72 Å². The van der Waals surface area contributed by atoms with E-state index in [1.165, 1.54) is 0 Å². The van der Waals surface area contributed by atoms with Crippen LogP contribution in [0.1, 0.15) is 20.3 Å². The van der Waals surface area contributed by atoms with Gasteiger partial charge in [-0.05, 0) is 23.8 Å². The van der Waals surface area contributed by atoms with Gasteiger partial charge in [0.25, 0.3) is 0 Å². The number of nitrogens with one attached hydrogen (secondary N) is 1. The van der Waals surface area contributed by atoms with Crippen LogP contribution in [0.25, 0.3) is 0 Å². The van der Waals surface area contributed by atoms with Gasteiger partial charge in [0.1, 0.15) is 0 Å². The first-order valence-electron chi connectivity index (χ1n) is 6.07. The Bertz CT molecular complexity index is 657. The fourth-order valence-electron chi connectivity index (χ4n) is 2.02. The minimum Gasteiger partial charge on any atom is -0.258 e. The summed E-state index contributed by atoms with van der Waals surface area (Å²) < 4.78 is 39.8. The summed E-state index contributed by atoms with van der Waals surface area (Å²) in [6.45, 7) is 4.36. The average molecular weight is 302 g/mol. The van der Waals surface area contributed by atoms with Gasteiger partial charge in [-0.25, -0.2) is 13.1 Å². The molecule has 0 saturated heterocycles. The summed E-state index contributed by atoms with van der Waals surface area (Å²) in [6, 6.07) is 2.55. The van der Waals surface area contributed by atoms with Crippen molar-refractivity contribution >= 4 is 15.7 Å². The van der Waals surface area contributed by atoms with Crippen molar-refractivity contribution in [3.05, 3.63) is 34.1 Å². The molecular weight excluding hydrogens is 287 g/mol. The maximum Gasteiger partial charge on any atom is 0.304 e. The number of nitro groups is 1. The number of sulfonamides is 1. The topological polar surface area (TPSA) is 89.3 Å². The fraction of sp³-hybridized carbons (Fsp3) is 0.500. The van der Waals surface area contributed by atoms with E-state index in [4.69, 9.17) is 0 Å². The predicted octanol–water partition coefficient (Wildman–Crippen LogP) is 2.06. The lowest BCUT2D eigenvalue weighted by molar-refractivity contribution is -0.387. The van der Waals surface area contributed by atoms with E-state index in [-0.39, 0.29) is 22.8 Å². The Morgan fingerprint density at radius 2 is 2.10 bits per heavy atom. The van der Waals surface area contributed by atoms with Crippen LogP contribution in [0.3, 0.4) is 0 Å². The number of halogens is 1. The zero-order valence-electron chi connectivity index (χ0n) is 11.1. The van der Waals surface area contributed by atoms with Crippen LogP contribution >= 0.6 is 0 Å². The zero-order valence-corrected chi connectivity index (χ0v) is 11.9. The molecule has 1 aromatic rings. The van der Waals surface area contributed by atoms with E-state index in [0.29, 0.717) is 6.07 Å². The van der Waals surface area contributed by atoms with Gasteiger partial charge >= 0.3 is 5.69 Å². The fourth-order valence-corrected chi connectivity index (χ4v) is 3.11. The van der Waals surface area contributed by atoms with E-state index < -0.39 is 26.5 Å². The average Bonchev–Trinajstić information content (AvgIpc) is 2.94. The highest BCUT2D eigenvalue weighted by Crippen LogP contribution is 2.51. The van der Waals surface area contributed by atoms with Crippen molar-refractivity contribution in [2.75, 3.05) is 6.54 Å². The van der Waals surface area contributed by atoms with Gasteiger partial charge in [-0.3, -0.25) is 10.1 Å². The molecule has 0 radical (unpaired) electrons. The third kappa shape index (κ3) is 2.96. The first kappa shape index (κ1) is 14.9. The third-order valence-electron chi connectivity index (χ3n) is 3.66. The van der Waals surface area contributed by atoms with Gasteiger partial charge in [0.05, 0.1) is 9.82 Å². The van der Waals surface area contributed by atoms with E-state index >= 15 is 0 Å². The molecule has 1 aliphatic carbocycles. The molecule has 0 heterocycles. The Kier molecular flexibility index (Phi) is 3.55. The molecule has 1 aromatic carbocycles. The molecule has 1 saturated carbocycles. The maximum atomic E-state index is 13.4. The molecule has 0 aliphatic heterocycles. The van der Waals surface area contributed by atoms with Crippen molar-refractivity contribution < 1.29 is 17.7 Å². The lowest BCUT2D eigenvalue weighted by atomic mass is 10.1. The summed E-state index contributed by atoms with van der Waals surface area (Å²) >= 11 is 0. The molecule has 20 heavy (non-hydrogen) atoms. The molecule has 0 spiro atoms. The van der Waals surface area contributed by atoms with E-state index in [1.807, 2.05) is 13.8 Å². The lowest BCUT2D eigenvalue weighted by Crippen LogP contribution is -2.27. The SMILES string of the molecule is CC1(C)CC1CNS(=O)(=O)c1ccc([N+](=O)[O-])c(F)c1.